The van der Waals surface area contributed by atoms with Gasteiger partial charge in [0.15, 0.2) is 0 Å². The second-order valence-corrected chi connectivity index (χ2v) is 7.29. The number of carboxylic acids is 1. The molecule has 0 saturated carbocycles. The lowest BCUT2D eigenvalue weighted by Crippen LogP contribution is -2.31. The van der Waals surface area contributed by atoms with E-state index in [1.165, 1.54) is 36.4 Å². The van der Waals surface area contributed by atoms with Crippen molar-refractivity contribution in [3.05, 3.63) is 58.3 Å². The van der Waals surface area contributed by atoms with E-state index in [1.54, 1.807) is 6.92 Å². The van der Waals surface area contributed by atoms with Gasteiger partial charge in [0.05, 0.1) is 11.3 Å². The van der Waals surface area contributed by atoms with E-state index in [0.29, 0.717) is 0 Å². The number of hydrogen-bond acceptors (Lipinski definition) is 3. The number of aromatic carboxylic acids is 1. The number of halogens is 2. The molecule has 0 radical (unpaired) electrons. The van der Waals surface area contributed by atoms with Crippen LogP contribution in [0.2, 0.25) is 0 Å². The van der Waals surface area contributed by atoms with E-state index in [2.05, 4.69) is 15.9 Å². The highest BCUT2D eigenvalue weighted by atomic mass is 79.9. The van der Waals surface area contributed by atoms with Crippen LogP contribution in [0, 0.1) is 5.82 Å². The third-order valence-electron chi connectivity index (χ3n) is 3.13. The average molecular weight is 402 g/mol. The number of benzene rings is 2. The van der Waals surface area contributed by atoms with Gasteiger partial charge in [-0.1, -0.05) is 6.07 Å². The van der Waals surface area contributed by atoms with E-state index in [9.17, 15) is 17.6 Å². The first-order valence-electron chi connectivity index (χ1n) is 6.58. The smallest absolute Gasteiger partial charge is 0.335 e. The van der Waals surface area contributed by atoms with Gasteiger partial charge in [-0.3, -0.25) is 4.31 Å². The molecule has 0 spiro atoms. The van der Waals surface area contributed by atoms with Crippen molar-refractivity contribution in [3.8, 4) is 0 Å². The average Bonchev–Trinajstić information content (AvgIpc) is 2.47. The number of sulfonamides is 1. The molecule has 0 atom stereocenters. The highest BCUT2D eigenvalue weighted by molar-refractivity contribution is 9.10. The molecule has 0 fully saturated rings. The van der Waals surface area contributed by atoms with E-state index < -0.39 is 21.8 Å². The van der Waals surface area contributed by atoms with Gasteiger partial charge >= 0.3 is 5.97 Å². The van der Waals surface area contributed by atoms with Gasteiger partial charge in [0, 0.05) is 11.0 Å². The van der Waals surface area contributed by atoms with Crippen LogP contribution in [0.3, 0.4) is 0 Å². The zero-order valence-corrected chi connectivity index (χ0v) is 14.4. The van der Waals surface area contributed by atoms with E-state index in [0.717, 1.165) is 10.4 Å². The molecule has 0 aliphatic carbocycles. The lowest BCUT2D eigenvalue weighted by molar-refractivity contribution is 0.0696. The van der Waals surface area contributed by atoms with Crippen LogP contribution in [0.1, 0.15) is 17.3 Å². The van der Waals surface area contributed by atoms with E-state index in [1.807, 2.05) is 0 Å². The van der Waals surface area contributed by atoms with Gasteiger partial charge in [-0.15, -0.1) is 0 Å². The van der Waals surface area contributed by atoms with Crippen LogP contribution < -0.4 is 4.31 Å². The Morgan fingerprint density at radius 2 is 1.96 bits per heavy atom. The van der Waals surface area contributed by atoms with Crippen LogP contribution in [0.25, 0.3) is 0 Å². The van der Waals surface area contributed by atoms with E-state index in [4.69, 9.17) is 5.11 Å². The fourth-order valence-corrected chi connectivity index (χ4v) is 4.59. The second kappa shape index (κ2) is 6.67. The zero-order chi connectivity index (χ0) is 17.2. The number of nitrogens with zero attached hydrogens (tertiary/aromatic N) is 1. The van der Waals surface area contributed by atoms with Gasteiger partial charge in [0.25, 0.3) is 10.0 Å². The number of hydrogen-bond donors (Lipinski definition) is 1. The van der Waals surface area contributed by atoms with Crippen LogP contribution in [-0.2, 0) is 10.0 Å². The number of rotatable bonds is 5. The Morgan fingerprint density at radius 3 is 2.48 bits per heavy atom. The molecule has 0 bridgehead atoms. The summed E-state index contributed by atoms with van der Waals surface area (Å²) in [5.41, 5.74) is 0.159. The molecule has 2 rings (SSSR count). The van der Waals surface area contributed by atoms with Crippen LogP contribution >= 0.6 is 15.9 Å². The summed E-state index contributed by atoms with van der Waals surface area (Å²) >= 11 is 3.09. The first kappa shape index (κ1) is 17.4. The maximum Gasteiger partial charge on any atom is 0.335 e. The molecule has 8 heteroatoms. The third-order valence-corrected chi connectivity index (χ3v) is 6.01. The molecule has 1 N–H and O–H groups in total. The largest absolute Gasteiger partial charge is 0.478 e. The lowest BCUT2D eigenvalue weighted by Gasteiger charge is -2.23. The van der Waals surface area contributed by atoms with Crippen molar-refractivity contribution in [2.45, 2.75) is 11.8 Å². The summed E-state index contributed by atoms with van der Waals surface area (Å²) in [5.74, 6) is -1.71. The van der Waals surface area contributed by atoms with Crippen molar-refractivity contribution in [1.82, 2.24) is 0 Å². The second-order valence-electron chi connectivity index (χ2n) is 4.60. The summed E-state index contributed by atoms with van der Waals surface area (Å²) in [6, 6.07) is 8.90. The molecule has 0 amide bonds. The van der Waals surface area contributed by atoms with Gasteiger partial charge in [-0.2, -0.15) is 0 Å². The van der Waals surface area contributed by atoms with Gasteiger partial charge < -0.3 is 5.11 Å². The molecule has 0 aliphatic rings. The Kier molecular flexibility index (Phi) is 5.06. The first-order valence-corrected chi connectivity index (χ1v) is 8.82. The Balaban J connectivity index is 2.54. The van der Waals surface area contributed by atoms with Crippen molar-refractivity contribution in [1.29, 1.82) is 0 Å². The minimum atomic E-state index is -3.97. The van der Waals surface area contributed by atoms with Gasteiger partial charge in [0.1, 0.15) is 10.7 Å². The molecule has 23 heavy (non-hydrogen) atoms. The normalized spacial score (nSPS) is 11.3. The molecule has 122 valence electrons. The highest BCUT2D eigenvalue weighted by Crippen LogP contribution is 2.29. The van der Waals surface area contributed by atoms with E-state index in [-0.39, 0.29) is 27.2 Å². The molecule has 0 saturated heterocycles. The fraction of sp³-hybridized carbons (Fsp3) is 0.133. The standard InChI is InChI=1S/C15H13BrFNO4S/c1-2-18(12-5-3-4-11(17)9-12)23(21,22)14-7-6-10(15(19)20)8-13(14)16/h3-9H,2H2,1H3,(H,19,20). The molecule has 0 aromatic heterocycles. The zero-order valence-electron chi connectivity index (χ0n) is 12.0. The predicted molar refractivity (Wildman–Crippen MR) is 87.7 cm³/mol. The topological polar surface area (TPSA) is 74.7 Å². The summed E-state index contributed by atoms with van der Waals surface area (Å²) in [6.07, 6.45) is 0. The summed E-state index contributed by atoms with van der Waals surface area (Å²) in [4.78, 5) is 10.9. The number of anilines is 1. The van der Waals surface area contributed by atoms with Gasteiger partial charge in [-0.05, 0) is 59.3 Å². The lowest BCUT2D eigenvalue weighted by atomic mass is 10.2. The van der Waals surface area contributed by atoms with Crippen molar-refractivity contribution in [2.75, 3.05) is 10.8 Å². The highest BCUT2D eigenvalue weighted by Gasteiger charge is 2.26. The number of carboxylic acid groups (broad SMARTS) is 1. The summed E-state index contributed by atoms with van der Waals surface area (Å²) < 4.78 is 40.2. The Morgan fingerprint density at radius 1 is 1.26 bits per heavy atom. The molecule has 5 nitrogen and oxygen atoms in total. The van der Waals surface area contributed by atoms with E-state index >= 15 is 0 Å². The number of carbonyl (C=O) groups is 1. The van der Waals surface area contributed by atoms with Crippen LogP contribution in [0.4, 0.5) is 10.1 Å². The molecular weight excluding hydrogens is 389 g/mol. The maximum absolute atomic E-state index is 13.4. The van der Waals surface area contributed by atoms with Gasteiger partial charge in [0.2, 0.25) is 0 Å². The minimum Gasteiger partial charge on any atom is -0.478 e. The van der Waals surface area contributed by atoms with Crippen LogP contribution in [0.5, 0.6) is 0 Å². The summed E-state index contributed by atoms with van der Waals surface area (Å²) in [6.45, 7) is 1.72. The Labute approximate surface area is 141 Å². The quantitative estimate of drug-likeness (QED) is 0.831. The molecule has 0 heterocycles. The van der Waals surface area contributed by atoms with Crippen molar-refractivity contribution < 1.29 is 22.7 Å². The molecule has 0 aliphatic heterocycles. The molecule has 2 aromatic carbocycles. The maximum atomic E-state index is 13.4. The van der Waals surface area contributed by atoms with Crippen LogP contribution in [0.15, 0.2) is 51.8 Å². The van der Waals surface area contributed by atoms with Crippen LogP contribution in [-0.4, -0.2) is 26.0 Å². The molecule has 0 unspecified atom stereocenters. The first-order chi connectivity index (χ1) is 10.8. The Bertz CT molecular complexity index is 854. The van der Waals surface area contributed by atoms with Gasteiger partial charge in [-0.25, -0.2) is 17.6 Å². The van der Waals surface area contributed by atoms with Crippen molar-refractivity contribution in [3.63, 3.8) is 0 Å². The monoisotopic (exact) mass is 401 g/mol. The van der Waals surface area contributed by atoms with Crippen molar-refractivity contribution in [2.24, 2.45) is 0 Å². The summed E-state index contributed by atoms with van der Waals surface area (Å²) in [5, 5.41) is 8.94. The predicted octanol–water partition coefficient (Wildman–Crippen LogP) is 3.50. The minimum absolute atomic E-state index is 0.0374. The molecule has 2 aromatic rings. The summed E-state index contributed by atoms with van der Waals surface area (Å²) in [7, 11) is -3.97. The Hall–Kier alpha value is -1.93. The van der Waals surface area contributed by atoms with Crippen molar-refractivity contribution >= 4 is 37.6 Å². The molecular formula is C15H13BrFNO4S. The third kappa shape index (κ3) is 3.53. The fourth-order valence-electron chi connectivity index (χ4n) is 2.08. The SMILES string of the molecule is CCN(c1cccc(F)c1)S(=O)(=O)c1ccc(C(=O)O)cc1Br.